The lowest BCUT2D eigenvalue weighted by atomic mass is 9.98. The standard InChI is InChI=1S/C10H20O6/c1-2-3-4-6(12)8(14)10(16)9(15)7(13)5-11/h7-11,13-16H,2-5H2,1H3/t7-,8-,9+,10-/m1/s1. The lowest BCUT2D eigenvalue weighted by Crippen LogP contribution is -2.48. The van der Waals surface area contributed by atoms with Gasteiger partial charge < -0.3 is 25.5 Å². The van der Waals surface area contributed by atoms with Gasteiger partial charge in [-0.1, -0.05) is 13.3 Å². The molecule has 0 aliphatic carbocycles. The molecule has 0 aliphatic heterocycles. The summed E-state index contributed by atoms with van der Waals surface area (Å²) in [6, 6.07) is 0. The summed E-state index contributed by atoms with van der Waals surface area (Å²) in [7, 11) is 0. The third-order valence-electron chi connectivity index (χ3n) is 2.36. The Hall–Kier alpha value is -0.530. The average molecular weight is 236 g/mol. The molecule has 0 spiro atoms. The van der Waals surface area contributed by atoms with Crippen LogP contribution in [0.1, 0.15) is 26.2 Å². The second kappa shape index (κ2) is 7.70. The smallest absolute Gasteiger partial charge is 0.164 e. The van der Waals surface area contributed by atoms with Crippen molar-refractivity contribution in [3.63, 3.8) is 0 Å². The van der Waals surface area contributed by atoms with Crippen LogP contribution in [0.4, 0.5) is 0 Å². The summed E-state index contributed by atoms with van der Waals surface area (Å²) >= 11 is 0. The molecule has 6 heteroatoms. The maximum atomic E-state index is 11.3. The Morgan fingerprint density at radius 2 is 1.69 bits per heavy atom. The van der Waals surface area contributed by atoms with Crippen LogP contribution in [0.2, 0.25) is 0 Å². The number of unbranched alkanes of at least 4 members (excludes halogenated alkanes) is 1. The SMILES string of the molecule is CCCCC(=O)[C@@H](O)[C@@H](O)[C@@H](O)[C@H](O)CO. The Kier molecular flexibility index (Phi) is 7.44. The van der Waals surface area contributed by atoms with E-state index in [2.05, 4.69) is 0 Å². The van der Waals surface area contributed by atoms with E-state index in [1.54, 1.807) is 0 Å². The molecule has 0 aliphatic rings. The molecule has 0 aromatic carbocycles. The zero-order valence-electron chi connectivity index (χ0n) is 9.28. The van der Waals surface area contributed by atoms with E-state index < -0.39 is 36.8 Å². The van der Waals surface area contributed by atoms with Crippen LogP contribution in [-0.4, -0.2) is 62.3 Å². The molecule has 0 unspecified atom stereocenters. The average Bonchev–Trinajstić information content (AvgIpc) is 2.31. The third kappa shape index (κ3) is 4.54. The fraction of sp³-hybridized carbons (Fsp3) is 0.900. The molecule has 4 atom stereocenters. The van der Waals surface area contributed by atoms with Crippen LogP contribution in [0.25, 0.3) is 0 Å². The van der Waals surface area contributed by atoms with Gasteiger partial charge in [-0.15, -0.1) is 0 Å². The molecule has 0 saturated heterocycles. The van der Waals surface area contributed by atoms with Crippen molar-refractivity contribution in [1.29, 1.82) is 0 Å². The molecule has 0 radical (unpaired) electrons. The van der Waals surface area contributed by atoms with Gasteiger partial charge in [-0.05, 0) is 6.42 Å². The number of aliphatic hydroxyl groups is 5. The minimum Gasteiger partial charge on any atom is -0.394 e. The fourth-order valence-corrected chi connectivity index (χ4v) is 1.21. The highest BCUT2D eigenvalue weighted by Crippen LogP contribution is 2.09. The molecule has 6 nitrogen and oxygen atoms in total. The lowest BCUT2D eigenvalue weighted by Gasteiger charge is -2.24. The van der Waals surface area contributed by atoms with Crippen molar-refractivity contribution < 1.29 is 30.3 Å². The van der Waals surface area contributed by atoms with E-state index in [9.17, 15) is 20.1 Å². The monoisotopic (exact) mass is 236 g/mol. The minimum atomic E-state index is -1.79. The van der Waals surface area contributed by atoms with Crippen molar-refractivity contribution in [3.8, 4) is 0 Å². The molecule has 16 heavy (non-hydrogen) atoms. The molecule has 0 aromatic heterocycles. The molecule has 0 amide bonds. The second-order valence-corrected chi connectivity index (χ2v) is 3.75. The number of hydrogen-bond donors (Lipinski definition) is 5. The van der Waals surface area contributed by atoms with Crippen molar-refractivity contribution in [2.75, 3.05) is 6.61 Å². The zero-order valence-corrected chi connectivity index (χ0v) is 9.28. The molecule has 96 valence electrons. The number of carbonyl (C=O) groups is 1. The van der Waals surface area contributed by atoms with Crippen LogP contribution in [-0.2, 0) is 4.79 Å². The number of ketones is 1. The van der Waals surface area contributed by atoms with Gasteiger partial charge >= 0.3 is 0 Å². The molecular formula is C10H20O6. The van der Waals surface area contributed by atoms with Gasteiger partial charge in [0.05, 0.1) is 6.61 Å². The fourth-order valence-electron chi connectivity index (χ4n) is 1.21. The van der Waals surface area contributed by atoms with E-state index >= 15 is 0 Å². The van der Waals surface area contributed by atoms with Gasteiger partial charge in [-0.3, -0.25) is 4.79 Å². The summed E-state index contributed by atoms with van der Waals surface area (Å²) in [5.41, 5.74) is 0. The first-order valence-electron chi connectivity index (χ1n) is 5.31. The molecule has 0 saturated carbocycles. The number of aliphatic hydroxyl groups excluding tert-OH is 5. The quantitative estimate of drug-likeness (QED) is 0.339. The van der Waals surface area contributed by atoms with Crippen molar-refractivity contribution >= 4 is 5.78 Å². The van der Waals surface area contributed by atoms with E-state index in [0.29, 0.717) is 6.42 Å². The van der Waals surface area contributed by atoms with Crippen molar-refractivity contribution in [2.45, 2.75) is 50.6 Å². The van der Waals surface area contributed by atoms with Crippen LogP contribution in [0.5, 0.6) is 0 Å². The van der Waals surface area contributed by atoms with Crippen LogP contribution < -0.4 is 0 Å². The highest BCUT2D eigenvalue weighted by Gasteiger charge is 2.33. The molecular weight excluding hydrogens is 216 g/mol. The largest absolute Gasteiger partial charge is 0.394 e. The molecule has 0 heterocycles. The first-order valence-corrected chi connectivity index (χ1v) is 5.31. The van der Waals surface area contributed by atoms with Crippen LogP contribution in [0.15, 0.2) is 0 Å². The van der Waals surface area contributed by atoms with Crippen molar-refractivity contribution in [3.05, 3.63) is 0 Å². The van der Waals surface area contributed by atoms with Crippen molar-refractivity contribution in [1.82, 2.24) is 0 Å². The summed E-state index contributed by atoms with van der Waals surface area (Å²) in [6.45, 7) is 1.12. The maximum Gasteiger partial charge on any atom is 0.164 e. The van der Waals surface area contributed by atoms with Gasteiger partial charge in [0.15, 0.2) is 5.78 Å². The van der Waals surface area contributed by atoms with Crippen LogP contribution in [0.3, 0.4) is 0 Å². The molecule has 0 fully saturated rings. The van der Waals surface area contributed by atoms with Gasteiger partial charge in [0.25, 0.3) is 0 Å². The molecule has 0 rings (SSSR count). The van der Waals surface area contributed by atoms with Gasteiger partial charge in [0, 0.05) is 6.42 Å². The normalized spacial score (nSPS) is 18.9. The Labute approximate surface area is 94.2 Å². The van der Waals surface area contributed by atoms with Gasteiger partial charge in [-0.25, -0.2) is 0 Å². The van der Waals surface area contributed by atoms with E-state index in [1.807, 2.05) is 6.92 Å². The van der Waals surface area contributed by atoms with Gasteiger partial charge in [0.2, 0.25) is 0 Å². The summed E-state index contributed by atoms with van der Waals surface area (Å²) in [5.74, 6) is -0.585. The molecule has 5 N–H and O–H groups in total. The zero-order chi connectivity index (χ0) is 12.7. The van der Waals surface area contributed by atoms with E-state index in [4.69, 9.17) is 10.2 Å². The Morgan fingerprint density at radius 1 is 1.12 bits per heavy atom. The molecule has 0 bridgehead atoms. The van der Waals surface area contributed by atoms with Crippen molar-refractivity contribution in [2.24, 2.45) is 0 Å². The van der Waals surface area contributed by atoms with E-state index in [-0.39, 0.29) is 6.42 Å². The maximum absolute atomic E-state index is 11.3. The number of carbonyl (C=O) groups excluding carboxylic acids is 1. The highest BCUT2D eigenvalue weighted by atomic mass is 16.4. The minimum absolute atomic E-state index is 0.108. The Morgan fingerprint density at radius 3 is 2.12 bits per heavy atom. The number of hydrogen-bond acceptors (Lipinski definition) is 6. The third-order valence-corrected chi connectivity index (χ3v) is 2.36. The van der Waals surface area contributed by atoms with E-state index in [1.165, 1.54) is 0 Å². The summed E-state index contributed by atoms with van der Waals surface area (Å²) in [5, 5.41) is 45.5. The topological polar surface area (TPSA) is 118 Å². The molecule has 0 aromatic rings. The van der Waals surface area contributed by atoms with Gasteiger partial charge in [0.1, 0.15) is 24.4 Å². The first kappa shape index (κ1) is 15.5. The van der Waals surface area contributed by atoms with Gasteiger partial charge in [-0.2, -0.15) is 0 Å². The summed E-state index contributed by atoms with van der Waals surface area (Å²) in [6.07, 6.45) is -5.38. The Balaban J connectivity index is 4.25. The predicted octanol–water partition coefficient (Wildman–Crippen LogP) is -1.82. The number of Topliss-reactive ketones (excluding diaryl/α,β-unsaturated/α-hetero) is 1. The van der Waals surface area contributed by atoms with Crippen LogP contribution in [0, 0.1) is 0 Å². The highest BCUT2D eigenvalue weighted by molar-refractivity contribution is 5.83. The van der Waals surface area contributed by atoms with E-state index in [0.717, 1.165) is 6.42 Å². The second-order valence-electron chi connectivity index (χ2n) is 3.75. The first-order chi connectivity index (χ1) is 7.45. The van der Waals surface area contributed by atoms with Crippen LogP contribution >= 0.6 is 0 Å². The predicted molar refractivity (Wildman–Crippen MR) is 55.6 cm³/mol. The lowest BCUT2D eigenvalue weighted by molar-refractivity contribution is -0.147. The Bertz CT molecular complexity index is 207. The number of rotatable bonds is 8. The summed E-state index contributed by atoms with van der Waals surface area (Å²) < 4.78 is 0. The summed E-state index contributed by atoms with van der Waals surface area (Å²) in [4.78, 5) is 11.3.